The third-order valence-electron chi connectivity index (χ3n) is 1.18. The molecule has 0 atom stereocenters. The maximum Gasteiger partial charge on any atom is 0.226 e. The fourth-order valence-electron chi connectivity index (χ4n) is 0.735. The van der Waals surface area contributed by atoms with Crippen LogP contribution in [0.2, 0.25) is 0 Å². The zero-order chi connectivity index (χ0) is 8.43. The second-order valence-electron chi connectivity index (χ2n) is 1.92. The fourth-order valence-corrected chi connectivity index (χ4v) is 0.735. The monoisotopic (exact) mass is 159 g/mol. The van der Waals surface area contributed by atoms with Crippen LogP contribution in [-0.4, -0.2) is 7.11 Å². The highest BCUT2D eigenvalue weighted by Crippen LogP contribution is 2.29. The number of ether oxygens (including phenoxy) is 1. The lowest BCUT2D eigenvalue weighted by Gasteiger charge is -2.00. The van der Waals surface area contributed by atoms with Crippen LogP contribution in [-0.2, 0) is 5.11 Å². The first-order chi connectivity index (χ1) is 5.15. The minimum atomic E-state index is -0.975. The first-order valence-corrected chi connectivity index (χ1v) is 2.85. The van der Waals surface area contributed by atoms with Gasteiger partial charge in [0, 0.05) is 12.1 Å². The van der Waals surface area contributed by atoms with Gasteiger partial charge >= 0.3 is 0 Å². The molecule has 0 aromatic heterocycles. The van der Waals surface area contributed by atoms with Gasteiger partial charge in [0.1, 0.15) is 5.82 Å². The van der Waals surface area contributed by atoms with Gasteiger partial charge in [-0.15, -0.1) is 0 Å². The lowest BCUT2D eigenvalue weighted by molar-refractivity contribution is 0.301. The van der Waals surface area contributed by atoms with E-state index in [4.69, 9.17) is 0 Å². The molecule has 0 N–H and O–H groups in total. The molecule has 11 heavy (non-hydrogen) atoms. The minimum absolute atomic E-state index is 0.452. The Kier molecular flexibility index (Phi) is 1.94. The highest BCUT2D eigenvalue weighted by molar-refractivity contribution is 5.39. The highest BCUT2D eigenvalue weighted by atomic mass is 19.1. The quantitative estimate of drug-likeness (QED) is 0.617. The van der Waals surface area contributed by atoms with Crippen LogP contribution in [0.5, 0.6) is 11.5 Å². The van der Waals surface area contributed by atoms with Gasteiger partial charge in [-0.3, -0.25) is 5.11 Å². The average Bonchev–Trinajstić information content (AvgIpc) is 1.85. The van der Waals surface area contributed by atoms with Gasteiger partial charge in [-0.2, -0.15) is 0 Å². The number of hydrogen-bond acceptors (Lipinski definition) is 1. The van der Waals surface area contributed by atoms with Crippen LogP contribution in [0.15, 0.2) is 12.1 Å². The highest BCUT2D eigenvalue weighted by Gasteiger charge is 2.11. The summed E-state index contributed by atoms with van der Waals surface area (Å²) in [7, 11) is 1.15. The van der Waals surface area contributed by atoms with E-state index in [-0.39, 0.29) is 0 Å². The summed E-state index contributed by atoms with van der Waals surface area (Å²) < 4.78 is 29.2. The van der Waals surface area contributed by atoms with Crippen LogP contribution >= 0.6 is 0 Å². The molecule has 2 nitrogen and oxygen atoms in total. The van der Waals surface area contributed by atoms with Gasteiger partial charge in [-0.05, 0) is 0 Å². The minimum Gasteiger partial charge on any atom is -0.490 e. The number of hydrogen-bond donors (Lipinski definition) is 0. The summed E-state index contributed by atoms with van der Waals surface area (Å²) in [4.78, 5) is 0. The van der Waals surface area contributed by atoms with E-state index < -0.39 is 23.1 Å². The molecular weight excluding hydrogens is 154 g/mol. The van der Waals surface area contributed by atoms with Gasteiger partial charge in [-0.25, -0.2) is 8.78 Å². The predicted octanol–water partition coefficient (Wildman–Crippen LogP) is 2.12. The van der Waals surface area contributed by atoms with Crippen molar-refractivity contribution in [3.05, 3.63) is 23.8 Å². The molecule has 59 valence electrons. The van der Waals surface area contributed by atoms with E-state index in [1.165, 1.54) is 0 Å². The lowest BCUT2D eigenvalue weighted by atomic mass is 10.3. The van der Waals surface area contributed by atoms with Gasteiger partial charge in [0.15, 0.2) is 5.82 Å². The largest absolute Gasteiger partial charge is 0.490 e. The van der Waals surface area contributed by atoms with Crippen molar-refractivity contribution in [2.24, 2.45) is 0 Å². The Balaban J connectivity index is 3.25. The summed E-state index contributed by atoms with van der Waals surface area (Å²) in [6.45, 7) is 0. The van der Waals surface area contributed by atoms with Crippen LogP contribution in [0.25, 0.3) is 0 Å². The van der Waals surface area contributed by atoms with Gasteiger partial charge < -0.3 is 4.74 Å². The van der Waals surface area contributed by atoms with Crippen molar-refractivity contribution in [3.8, 4) is 11.5 Å². The first kappa shape index (κ1) is 7.78. The molecule has 1 aromatic rings. The molecule has 0 saturated carbocycles. The number of methoxy groups -OCH3 is 1. The van der Waals surface area contributed by atoms with Crippen molar-refractivity contribution in [2.75, 3.05) is 7.11 Å². The number of benzene rings is 1. The Labute approximate surface area is 62.0 Å². The summed E-state index contributed by atoms with van der Waals surface area (Å²) >= 11 is 0. The summed E-state index contributed by atoms with van der Waals surface area (Å²) in [5.41, 5.74) is 0. The first-order valence-electron chi connectivity index (χ1n) is 2.85. The molecule has 4 heteroatoms. The maximum atomic E-state index is 12.5. The number of halogens is 2. The van der Waals surface area contributed by atoms with Crippen molar-refractivity contribution in [1.29, 1.82) is 0 Å². The van der Waals surface area contributed by atoms with Gasteiger partial charge in [0.2, 0.25) is 11.5 Å². The summed E-state index contributed by atoms with van der Waals surface area (Å²) in [5.74, 6) is -3.11. The van der Waals surface area contributed by atoms with E-state index in [1.807, 2.05) is 0 Å². The zero-order valence-electron chi connectivity index (χ0n) is 5.73. The van der Waals surface area contributed by atoms with Crippen molar-refractivity contribution in [2.45, 2.75) is 0 Å². The van der Waals surface area contributed by atoms with Crippen LogP contribution in [0, 0.1) is 11.6 Å². The molecule has 0 bridgehead atoms. The second kappa shape index (κ2) is 2.74. The van der Waals surface area contributed by atoms with Crippen LogP contribution in [0.4, 0.5) is 8.78 Å². The summed E-state index contributed by atoms with van der Waals surface area (Å²) in [6, 6.07) is 1.27. The molecule has 0 fully saturated rings. The third kappa shape index (κ3) is 1.39. The fraction of sp³-hybridized carbons (Fsp3) is 0.143. The molecule has 0 unspecified atom stereocenters. The Morgan fingerprint density at radius 1 is 1.36 bits per heavy atom. The van der Waals surface area contributed by atoms with Crippen molar-refractivity contribution >= 4 is 0 Å². The maximum absolute atomic E-state index is 12.5. The van der Waals surface area contributed by atoms with Gasteiger partial charge in [-0.1, -0.05) is 0 Å². The Hall–Kier alpha value is -1.32. The Morgan fingerprint density at radius 3 is 2.45 bits per heavy atom. The molecule has 1 radical (unpaired) electrons. The lowest BCUT2D eigenvalue weighted by Crippen LogP contribution is -1.89. The van der Waals surface area contributed by atoms with Crippen LogP contribution in [0.3, 0.4) is 0 Å². The van der Waals surface area contributed by atoms with E-state index >= 15 is 0 Å². The zero-order valence-corrected chi connectivity index (χ0v) is 5.73. The van der Waals surface area contributed by atoms with Gasteiger partial charge in [0.05, 0.1) is 7.11 Å². The van der Waals surface area contributed by atoms with E-state index in [9.17, 15) is 13.9 Å². The molecule has 0 heterocycles. The molecule has 0 saturated heterocycles. The molecular formula is C7H5F2O2. The molecule has 0 amide bonds. The van der Waals surface area contributed by atoms with Crippen LogP contribution < -0.4 is 4.74 Å². The topological polar surface area (TPSA) is 29.1 Å². The SMILES string of the molecule is COc1c([O])cc(F)cc1F. The molecule has 1 rings (SSSR count). The van der Waals surface area contributed by atoms with Crippen molar-refractivity contribution in [3.63, 3.8) is 0 Å². The van der Waals surface area contributed by atoms with Gasteiger partial charge in [0.25, 0.3) is 0 Å². The molecule has 0 aliphatic rings. The Morgan fingerprint density at radius 2 is 2.00 bits per heavy atom. The molecule has 0 aliphatic carbocycles. The average molecular weight is 159 g/mol. The smallest absolute Gasteiger partial charge is 0.226 e. The van der Waals surface area contributed by atoms with E-state index in [2.05, 4.69) is 4.74 Å². The van der Waals surface area contributed by atoms with E-state index in [0.717, 1.165) is 7.11 Å². The predicted molar refractivity (Wildman–Crippen MR) is 33.0 cm³/mol. The third-order valence-corrected chi connectivity index (χ3v) is 1.18. The summed E-state index contributed by atoms with van der Waals surface area (Å²) in [5, 5.41) is 10.7. The molecule has 0 aliphatic heterocycles. The van der Waals surface area contributed by atoms with Crippen LogP contribution in [0.1, 0.15) is 0 Å². The van der Waals surface area contributed by atoms with Crippen molar-refractivity contribution in [1.82, 2.24) is 0 Å². The van der Waals surface area contributed by atoms with Crippen molar-refractivity contribution < 1.29 is 18.6 Å². The second-order valence-corrected chi connectivity index (χ2v) is 1.92. The summed E-state index contributed by atoms with van der Waals surface area (Å²) in [6.07, 6.45) is 0. The normalized spacial score (nSPS) is 9.73. The van der Waals surface area contributed by atoms with E-state index in [1.54, 1.807) is 0 Å². The number of rotatable bonds is 1. The molecule has 1 aromatic carbocycles. The molecule has 0 spiro atoms. The van der Waals surface area contributed by atoms with E-state index in [0.29, 0.717) is 12.1 Å². The standard InChI is InChI=1S/C7H5F2O2/c1-11-7-5(9)2-4(8)3-6(7)10/h2-3H,1H3. The Bertz CT molecular complexity index is 250.